The summed E-state index contributed by atoms with van der Waals surface area (Å²) in [5.41, 5.74) is 0.626. The monoisotopic (exact) mass is 295 g/mol. The molecule has 0 saturated carbocycles. The number of amides is 1. The molecule has 0 spiro atoms. The van der Waals surface area contributed by atoms with E-state index in [1.54, 1.807) is 16.3 Å². The van der Waals surface area contributed by atoms with E-state index in [0.29, 0.717) is 30.0 Å². The second-order valence-corrected chi connectivity index (χ2v) is 5.88. The smallest absolute Gasteiger partial charge is 0.328 e. The van der Waals surface area contributed by atoms with Gasteiger partial charge in [-0.05, 0) is 35.4 Å². The molecule has 0 aromatic carbocycles. The molecule has 1 aliphatic rings. The predicted molar refractivity (Wildman–Crippen MR) is 76.7 cm³/mol. The average molecular weight is 295 g/mol. The van der Waals surface area contributed by atoms with Gasteiger partial charge in [-0.2, -0.15) is 0 Å². The SMILES string of the molecule is CC1CN(C(=O)c2sccc2/C=C/C(=O)O)CCC1O. The molecule has 2 heterocycles. The number of carbonyl (C=O) groups excluding carboxylic acids is 1. The number of aliphatic hydroxyl groups excluding tert-OH is 1. The van der Waals surface area contributed by atoms with Crippen LogP contribution in [0.5, 0.6) is 0 Å². The van der Waals surface area contributed by atoms with Crippen LogP contribution in [-0.2, 0) is 4.79 Å². The van der Waals surface area contributed by atoms with Crippen molar-refractivity contribution in [1.29, 1.82) is 0 Å². The fraction of sp³-hybridized carbons (Fsp3) is 0.429. The van der Waals surface area contributed by atoms with E-state index in [1.807, 2.05) is 6.92 Å². The zero-order chi connectivity index (χ0) is 14.7. The van der Waals surface area contributed by atoms with Crippen LogP contribution in [0.2, 0.25) is 0 Å². The van der Waals surface area contributed by atoms with Crippen LogP contribution in [0.4, 0.5) is 0 Å². The summed E-state index contributed by atoms with van der Waals surface area (Å²) < 4.78 is 0. The Bertz CT molecular complexity index is 537. The Morgan fingerprint density at radius 2 is 2.25 bits per heavy atom. The largest absolute Gasteiger partial charge is 0.478 e. The molecule has 0 bridgehead atoms. The van der Waals surface area contributed by atoms with E-state index >= 15 is 0 Å². The van der Waals surface area contributed by atoms with Crippen LogP contribution < -0.4 is 0 Å². The molecule has 2 atom stereocenters. The van der Waals surface area contributed by atoms with Crippen molar-refractivity contribution in [1.82, 2.24) is 4.90 Å². The highest BCUT2D eigenvalue weighted by atomic mass is 32.1. The summed E-state index contributed by atoms with van der Waals surface area (Å²) in [4.78, 5) is 25.3. The van der Waals surface area contributed by atoms with E-state index in [4.69, 9.17) is 5.11 Å². The van der Waals surface area contributed by atoms with Gasteiger partial charge in [0.1, 0.15) is 0 Å². The Hall–Kier alpha value is -1.66. The third-order valence-electron chi connectivity index (χ3n) is 3.44. The summed E-state index contributed by atoms with van der Waals surface area (Å²) in [7, 11) is 0. The van der Waals surface area contributed by atoms with Crippen LogP contribution in [0.3, 0.4) is 0 Å². The second-order valence-electron chi connectivity index (χ2n) is 4.96. The van der Waals surface area contributed by atoms with Gasteiger partial charge in [0, 0.05) is 19.2 Å². The molecule has 108 valence electrons. The highest BCUT2D eigenvalue weighted by Crippen LogP contribution is 2.24. The van der Waals surface area contributed by atoms with E-state index in [1.165, 1.54) is 17.4 Å². The van der Waals surface area contributed by atoms with Gasteiger partial charge in [-0.1, -0.05) is 6.92 Å². The molecule has 1 aromatic heterocycles. The van der Waals surface area contributed by atoms with Crippen LogP contribution in [0.25, 0.3) is 6.08 Å². The molecule has 1 saturated heterocycles. The number of aliphatic carboxylic acids is 1. The molecule has 1 amide bonds. The molecule has 5 nitrogen and oxygen atoms in total. The number of carboxylic acid groups (broad SMARTS) is 1. The third-order valence-corrected chi connectivity index (χ3v) is 4.36. The van der Waals surface area contributed by atoms with Crippen LogP contribution in [0, 0.1) is 5.92 Å². The van der Waals surface area contributed by atoms with Crippen LogP contribution in [0.1, 0.15) is 28.6 Å². The number of carboxylic acids is 1. The second kappa shape index (κ2) is 6.19. The first-order valence-electron chi connectivity index (χ1n) is 6.45. The van der Waals surface area contributed by atoms with Gasteiger partial charge in [-0.25, -0.2) is 4.79 Å². The minimum absolute atomic E-state index is 0.0608. The lowest BCUT2D eigenvalue weighted by Crippen LogP contribution is -2.44. The van der Waals surface area contributed by atoms with Gasteiger partial charge in [0.25, 0.3) is 5.91 Å². The number of hydrogen-bond acceptors (Lipinski definition) is 4. The molecule has 2 unspecified atom stereocenters. The summed E-state index contributed by atoms with van der Waals surface area (Å²) in [5, 5.41) is 20.1. The van der Waals surface area contributed by atoms with Crippen molar-refractivity contribution in [3.05, 3.63) is 28.0 Å². The molecule has 1 fully saturated rings. The molecule has 6 heteroatoms. The fourth-order valence-corrected chi connectivity index (χ4v) is 3.10. The van der Waals surface area contributed by atoms with E-state index in [9.17, 15) is 14.7 Å². The van der Waals surface area contributed by atoms with Crippen LogP contribution in [0.15, 0.2) is 17.5 Å². The summed E-state index contributed by atoms with van der Waals surface area (Å²) in [6.45, 7) is 2.98. The molecule has 0 aliphatic carbocycles. The zero-order valence-corrected chi connectivity index (χ0v) is 12.0. The van der Waals surface area contributed by atoms with Crippen molar-refractivity contribution < 1.29 is 19.8 Å². The Morgan fingerprint density at radius 1 is 1.50 bits per heavy atom. The van der Waals surface area contributed by atoms with Crippen molar-refractivity contribution >= 4 is 29.3 Å². The summed E-state index contributed by atoms with van der Waals surface area (Å²) in [6, 6.07) is 1.74. The number of nitrogens with zero attached hydrogens (tertiary/aromatic N) is 1. The highest BCUT2D eigenvalue weighted by molar-refractivity contribution is 7.12. The van der Waals surface area contributed by atoms with Gasteiger partial charge < -0.3 is 15.1 Å². The van der Waals surface area contributed by atoms with Gasteiger partial charge in [-0.3, -0.25) is 4.79 Å². The zero-order valence-electron chi connectivity index (χ0n) is 11.2. The van der Waals surface area contributed by atoms with E-state index in [2.05, 4.69) is 0 Å². The minimum atomic E-state index is -1.04. The first kappa shape index (κ1) is 14.7. The quantitative estimate of drug-likeness (QED) is 0.832. The Kier molecular flexibility index (Phi) is 4.57. The Labute approximate surface area is 121 Å². The lowest BCUT2D eigenvalue weighted by atomic mass is 9.96. The minimum Gasteiger partial charge on any atom is -0.478 e. The van der Waals surface area contributed by atoms with E-state index < -0.39 is 5.97 Å². The lowest BCUT2D eigenvalue weighted by molar-refractivity contribution is -0.131. The molecule has 2 N–H and O–H groups in total. The number of aliphatic hydroxyl groups is 1. The van der Waals surface area contributed by atoms with Gasteiger partial charge in [0.15, 0.2) is 0 Å². The number of carbonyl (C=O) groups is 2. The standard InChI is InChI=1S/C14H17NO4S/c1-9-8-15(6-4-11(9)16)14(19)13-10(5-7-20-13)2-3-12(17)18/h2-3,5,7,9,11,16H,4,6,8H2,1H3,(H,17,18)/b3-2+. The summed E-state index contributed by atoms with van der Waals surface area (Å²) in [5.74, 6) is -1.07. The van der Waals surface area contributed by atoms with Gasteiger partial charge >= 0.3 is 5.97 Å². The number of likely N-dealkylation sites (tertiary alicyclic amines) is 1. The van der Waals surface area contributed by atoms with Crippen molar-refractivity contribution in [2.24, 2.45) is 5.92 Å². The maximum absolute atomic E-state index is 12.5. The van der Waals surface area contributed by atoms with Crippen LogP contribution >= 0.6 is 11.3 Å². The Morgan fingerprint density at radius 3 is 2.90 bits per heavy atom. The van der Waals surface area contributed by atoms with Crippen molar-refractivity contribution in [3.8, 4) is 0 Å². The molecule has 1 aromatic rings. The molecular formula is C14H17NO4S. The van der Waals surface area contributed by atoms with Crippen molar-refractivity contribution in [3.63, 3.8) is 0 Å². The number of hydrogen-bond donors (Lipinski definition) is 2. The molecule has 2 rings (SSSR count). The van der Waals surface area contributed by atoms with Crippen LogP contribution in [-0.4, -0.2) is 46.2 Å². The predicted octanol–water partition coefficient (Wildman–Crippen LogP) is 1.69. The van der Waals surface area contributed by atoms with Gasteiger partial charge in [-0.15, -0.1) is 11.3 Å². The molecular weight excluding hydrogens is 278 g/mol. The van der Waals surface area contributed by atoms with Gasteiger partial charge in [0.05, 0.1) is 11.0 Å². The number of piperidine rings is 1. The maximum atomic E-state index is 12.5. The average Bonchev–Trinajstić information content (AvgIpc) is 2.87. The topological polar surface area (TPSA) is 77.8 Å². The maximum Gasteiger partial charge on any atom is 0.328 e. The molecule has 20 heavy (non-hydrogen) atoms. The lowest BCUT2D eigenvalue weighted by Gasteiger charge is -2.34. The third kappa shape index (κ3) is 3.26. The summed E-state index contributed by atoms with van der Waals surface area (Å²) in [6.07, 6.45) is 2.70. The molecule has 0 radical (unpaired) electrons. The van der Waals surface area contributed by atoms with Crippen molar-refractivity contribution in [2.75, 3.05) is 13.1 Å². The van der Waals surface area contributed by atoms with E-state index in [0.717, 1.165) is 6.08 Å². The fourth-order valence-electron chi connectivity index (χ4n) is 2.25. The van der Waals surface area contributed by atoms with E-state index in [-0.39, 0.29) is 17.9 Å². The molecule has 1 aliphatic heterocycles. The number of thiophene rings is 1. The summed E-state index contributed by atoms with van der Waals surface area (Å²) >= 11 is 1.31. The number of rotatable bonds is 3. The Balaban J connectivity index is 2.14. The first-order valence-corrected chi connectivity index (χ1v) is 7.33. The normalized spacial score (nSPS) is 23.2. The first-order chi connectivity index (χ1) is 9.49. The van der Waals surface area contributed by atoms with Crippen molar-refractivity contribution in [2.45, 2.75) is 19.4 Å². The highest BCUT2D eigenvalue weighted by Gasteiger charge is 2.28. The van der Waals surface area contributed by atoms with Gasteiger partial charge in [0.2, 0.25) is 0 Å².